The van der Waals surface area contributed by atoms with Crippen molar-refractivity contribution in [2.24, 2.45) is 0 Å². The van der Waals surface area contributed by atoms with Crippen LogP contribution in [-0.4, -0.2) is 22.4 Å². The fraction of sp³-hybridized carbons (Fsp3) is 0.0714. The Bertz CT molecular complexity index is 892. The van der Waals surface area contributed by atoms with Crippen LogP contribution in [0.5, 0.6) is 5.75 Å². The fourth-order valence-electron chi connectivity index (χ4n) is 1.95. The summed E-state index contributed by atoms with van der Waals surface area (Å²) in [5, 5.41) is 23.0. The number of nitro groups is 1. The fourth-order valence-corrected chi connectivity index (χ4v) is 2.54. The minimum Gasteiger partial charge on any atom is -0.478 e. The number of nitrogens with one attached hydrogen (secondary N) is 1. The molecule has 0 radical (unpaired) electrons. The molecule has 0 aliphatic carbocycles. The molecule has 0 aliphatic heterocycles. The van der Waals surface area contributed by atoms with Gasteiger partial charge in [-0.2, -0.15) is 0 Å². The lowest BCUT2D eigenvalue weighted by Crippen LogP contribution is -2.17. The van der Waals surface area contributed by atoms with E-state index in [4.69, 9.17) is 16.7 Å². The Hall–Kier alpha value is -2.53. The number of rotatable bonds is 5. The van der Waals surface area contributed by atoms with Gasteiger partial charge >= 0.3 is 12.3 Å². The number of anilines is 2. The number of aromatic carboxylic acids is 1. The number of nitro benzene ring substituents is 1. The SMILES string of the molecule is O=C(O)c1ccc(Cl)cc1Nc1cc(Br)c(OC(F)(F)F)cc1[N+](=O)[O-]. The molecule has 2 N–H and O–H groups in total. The molecule has 0 aromatic heterocycles. The van der Waals surface area contributed by atoms with Gasteiger partial charge in [0.2, 0.25) is 0 Å². The van der Waals surface area contributed by atoms with Crippen molar-refractivity contribution in [3.8, 4) is 5.75 Å². The first kappa shape index (κ1) is 19.8. The Morgan fingerprint density at radius 3 is 2.46 bits per heavy atom. The summed E-state index contributed by atoms with van der Waals surface area (Å²) in [5.41, 5.74) is -1.34. The van der Waals surface area contributed by atoms with Gasteiger partial charge in [0.05, 0.1) is 26.7 Å². The zero-order valence-electron chi connectivity index (χ0n) is 12.3. The number of hydrogen-bond acceptors (Lipinski definition) is 5. The molecule has 0 saturated carbocycles. The molecule has 2 aromatic carbocycles. The molecule has 0 amide bonds. The van der Waals surface area contributed by atoms with Crippen LogP contribution in [0.2, 0.25) is 5.02 Å². The topological polar surface area (TPSA) is 102 Å². The second kappa shape index (κ2) is 7.38. The third-order valence-corrected chi connectivity index (χ3v) is 3.81. The van der Waals surface area contributed by atoms with E-state index < -0.39 is 28.7 Å². The molecule has 0 atom stereocenters. The Labute approximate surface area is 156 Å². The zero-order chi connectivity index (χ0) is 19.6. The van der Waals surface area contributed by atoms with Crippen molar-refractivity contribution < 1.29 is 32.7 Å². The molecule has 0 heterocycles. The van der Waals surface area contributed by atoms with E-state index in [0.717, 1.165) is 6.07 Å². The molecule has 0 bridgehead atoms. The molecule has 0 unspecified atom stereocenters. The second-order valence-corrected chi connectivity index (χ2v) is 6.02. The van der Waals surface area contributed by atoms with Crippen molar-refractivity contribution in [2.45, 2.75) is 6.36 Å². The first-order valence-electron chi connectivity index (χ1n) is 6.51. The van der Waals surface area contributed by atoms with Gasteiger partial charge in [0, 0.05) is 5.02 Å². The third-order valence-electron chi connectivity index (χ3n) is 2.95. The van der Waals surface area contributed by atoms with Crippen LogP contribution in [0, 0.1) is 10.1 Å². The van der Waals surface area contributed by atoms with Gasteiger partial charge in [-0.1, -0.05) is 11.6 Å². The maximum Gasteiger partial charge on any atom is 0.573 e. The van der Waals surface area contributed by atoms with Gasteiger partial charge in [-0.25, -0.2) is 4.79 Å². The maximum atomic E-state index is 12.4. The van der Waals surface area contributed by atoms with Crippen LogP contribution in [0.4, 0.5) is 30.2 Å². The first-order chi connectivity index (χ1) is 12.0. The van der Waals surface area contributed by atoms with E-state index in [2.05, 4.69) is 26.0 Å². The van der Waals surface area contributed by atoms with E-state index in [1.807, 2.05) is 0 Å². The van der Waals surface area contributed by atoms with E-state index in [0.29, 0.717) is 6.07 Å². The molecule has 0 spiro atoms. The predicted molar refractivity (Wildman–Crippen MR) is 89.2 cm³/mol. The lowest BCUT2D eigenvalue weighted by Gasteiger charge is -2.14. The highest BCUT2D eigenvalue weighted by atomic mass is 79.9. The maximum absolute atomic E-state index is 12.4. The standard InChI is InChI=1S/C14H7BrClF3N2O5/c15-8-4-10(11(21(24)25)5-12(8)26-14(17,18)19)20-9-3-6(16)1-2-7(9)13(22)23/h1-5,20H,(H,22,23). The molecule has 138 valence electrons. The van der Waals surface area contributed by atoms with Crippen LogP contribution < -0.4 is 10.1 Å². The average molecular weight is 456 g/mol. The summed E-state index contributed by atoms with van der Waals surface area (Å²) >= 11 is 8.63. The van der Waals surface area contributed by atoms with E-state index in [1.54, 1.807) is 0 Å². The number of benzene rings is 2. The highest BCUT2D eigenvalue weighted by Gasteiger charge is 2.33. The lowest BCUT2D eigenvalue weighted by molar-refractivity contribution is -0.384. The van der Waals surface area contributed by atoms with E-state index in [9.17, 15) is 28.1 Å². The number of carbonyl (C=O) groups is 1. The van der Waals surface area contributed by atoms with Crippen LogP contribution in [0.25, 0.3) is 0 Å². The van der Waals surface area contributed by atoms with Gasteiger partial charge in [0.15, 0.2) is 5.75 Å². The number of hydrogen-bond donors (Lipinski definition) is 2. The van der Waals surface area contributed by atoms with Gasteiger partial charge in [0.25, 0.3) is 5.69 Å². The minimum atomic E-state index is -5.05. The van der Waals surface area contributed by atoms with Gasteiger partial charge in [0.1, 0.15) is 5.69 Å². The van der Waals surface area contributed by atoms with Crippen molar-refractivity contribution in [1.29, 1.82) is 0 Å². The second-order valence-electron chi connectivity index (χ2n) is 4.72. The summed E-state index contributed by atoms with van der Waals surface area (Å²) in [6.45, 7) is 0. The van der Waals surface area contributed by atoms with Crippen LogP contribution in [-0.2, 0) is 0 Å². The molecule has 0 saturated heterocycles. The Balaban J connectivity index is 2.54. The lowest BCUT2D eigenvalue weighted by atomic mass is 10.1. The monoisotopic (exact) mass is 454 g/mol. The van der Waals surface area contributed by atoms with Crippen molar-refractivity contribution in [3.05, 3.63) is 55.5 Å². The molecular weight excluding hydrogens is 449 g/mol. The minimum absolute atomic E-state index is 0.0792. The highest BCUT2D eigenvalue weighted by Crippen LogP contribution is 2.40. The molecule has 26 heavy (non-hydrogen) atoms. The van der Waals surface area contributed by atoms with E-state index >= 15 is 0 Å². The zero-order valence-corrected chi connectivity index (χ0v) is 14.6. The van der Waals surface area contributed by atoms with Crippen molar-refractivity contribution >= 4 is 50.6 Å². The summed E-state index contributed by atoms with van der Waals surface area (Å²) in [7, 11) is 0. The van der Waals surface area contributed by atoms with Gasteiger partial charge in [-0.3, -0.25) is 10.1 Å². The number of nitrogens with zero attached hydrogens (tertiary/aromatic N) is 1. The third kappa shape index (κ3) is 4.76. The average Bonchev–Trinajstić information content (AvgIpc) is 2.48. The van der Waals surface area contributed by atoms with Crippen molar-refractivity contribution in [3.63, 3.8) is 0 Å². The highest BCUT2D eigenvalue weighted by molar-refractivity contribution is 9.10. The van der Waals surface area contributed by atoms with Gasteiger partial charge in [-0.15, -0.1) is 13.2 Å². The number of carboxylic acids is 1. The summed E-state index contributed by atoms with van der Waals surface area (Å²) in [5.74, 6) is -2.15. The molecule has 7 nitrogen and oxygen atoms in total. The number of ether oxygens (including phenoxy) is 1. The number of alkyl halides is 3. The van der Waals surface area contributed by atoms with Crippen LogP contribution in [0.1, 0.15) is 10.4 Å². The quantitative estimate of drug-likeness (QED) is 0.465. The summed E-state index contributed by atoms with van der Waals surface area (Å²) in [4.78, 5) is 21.5. The van der Waals surface area contributed by atoms with Crippen LogP contribution >= 0.6 is 27.5 Å². The largest absolute Gasteiger partial charge is 0.573 e. The molecular formula is C14H7BrClF3N2O5. The van der Waals surface area contributed by atoms with Crippen LogP contribution in [0.3, 0.4) is 0 Å². The van der Waals surface area contributed by atoms with Gasteiger partial charge in [-0.05, 0) is 40.2 Å². The Kier molecular flexibility index (Phi) is 5.62. The van der Waals surface area contributed by atoms with Crippen molar-refractivity contribution in [2.75, 3.05) is 5.32 Å². The van der Waals surface area contributed by atoms with E-state index in [-0.39, 0.29) is 26.4 Å². The summed E-state index contributed by atoms with van der Waals surface area (Å²) in [6, 6.07) is 5.22. The predicted octanol–water partition coefficient (Wildman–Crippen LogP) is 5.35. The van der Waals surface area contributed by atoms with Crippen LogP contribution in [0.15, 0.2) is 34.8 Å². The van der Waals surface area contributed by atoms with Gasteiger partial charge < -0.3 is 15.2 Å². The normalized spacial score (nSPS) is 11.1. The number of carboxylic acid groups (broad SMARTS) is 1. The molecule has 2 rings (SSSR count). The summed E-state index contributed by atoms with van der Waals surface area (Å²) in [6.07, 6.45) is -5.05. The first-order valence-corrected chi connectivity index (χ1v) is 7.68. The smallest absolute Gasteiger partial charge is 0.478 e. The number of halogens is 5. The molecule has 0 fully saturated rings. The summed E-state index contributed by atoms with van der Waals surface area (Å²) < 4.78 is 40.6. The van der Waals surface area contributed by atoms with E-state index in [1.165, 1.54) is 18.2 Å². The molecule has 12 heteroatoms. The van der Waals surface area contributed by atoms with Crippen molar-refractivity contribution in [1.82, 2.24) is 0 Å². The molecule has 2 aromatic rings. The molecule has 0 aliphatic rings. The Morgan fingerprint density at radius 2 is 1.92 bits per heavy atom. The Morgan fingerprint density at radius 1 is 1.27 bits per heavy atom.